The molecule has 2 nitrogen and oxygen atoms in total. The number of rotatable bonds is 10. The highest BCUT2D eigenvalue weighted by atomic mass is 16.5. The molecule has 1 aromatic rings. The van der Waals surface area contributed by atoms with E-state index >= 15 is 0 Å². The summed E-state index contributed by atoms with van der Waals surface area (Å²) in [5, 5.41) is 9.49. The summed E-state index contributed by atoms with van der Waals surface area (Å²) in [5.41, 5.74) is 2.05. The number of unbranched alkanes of at least 4 members (excludes halogenated alkanes) is 4. The quantitative estimate of drug-likeness (QED) is 0.430. The van der Waals surface area contributed by atoms with Crippen LogP contribution in [0.15, 0.2) is 18.2 Å². The molecule has 0 amide bonds. The average molecular weight is 342 g/mol. The number of benzene rings is 1. The van der Waals surface area contributed by atoms with Crippen LogP contribution in [0.5, 0.6) is 5.75 Å². The second-order valence-corrected chi connectivity index (χ2v) is 7.64. The van der Waals surface area contributed by atoms with Crippen LogP contribution in [0, 0.1) is 17.2 Å². The van der Waals surface area contributed by atoms with Crippen LogP contribution in [0.4, 0.5) is 0 Å². The van der Waals surface area contributed by atoms with E-state index in [1.807, 2.05) is 6.07 Å². The average Bonchev–Trinajstić information content (AvgIpc) is 2.66. The van der Waals surface area contributed by atoms with E-state index in [-0.39, 0.29) is 0 Å². The summed E-state index contributed by atoms with van der Waals surface area (Å²) < 4.78 is 5.86. The molecule has 0 atom stereocenters. The molecule has 2 rings (SSSR count). The van der Waals surface area contributed by atoms with Gasteiger partial charge >= 0.3 is 0 Å². The number of ether oxygens (including phenoxy) is 1. The predicted octanol–water partition coefficient (Wildman–Crippen LogP) is 6.98. The molecule has 0 saturated heterocycles. The molecule has 0 radical (unpaired) electrons. The van der Waals surface area contributed by atoms with Gasteiger partial charge in [0.15, 0.2) is 0 Å². The van der Waals surface area contributed by atoms with Gasteiger partial charge in [0.1, 0.15) is 11.8 Å². The Morgan fingerprint density at radius 1 is 1.00 bits per heavy atom. The largest absolute Gasteiger partial charge is 0.492 e. The lowest BCUT2D eigenvalue weighted by Crippen LogP contribution is -2.13. The van der Waals surface area contributed by atoms with Crippen LogP contribution >= 0.6 is 0 Å². The summed E-state index contributed by atoms with van der Waals surface area (Å²) in [6.07, 6.45) is 14.1. The second kappa shape index (κ2) is 11.2. The molecular weight excluding hydrogens is 306 g/mol. The molecule has 25 heavy (non-hydrogen) atoms. The van der Waals surface area contributed by atoms with Crippen LogP contribution in [0.3, 0.4) is 0 Å². The van der Waals surface area contributed by atoms with Gasteiger partial charge in [-0.1, -0.05) is 58.4 Å². The van der Waals surface area contributed by atoms with Crippen molar-refractivity contribution in [3.8, 4) is 11.8 Å². The highest BCUT2D eigenvalue weighted by molar-refractivity contribution is 5.46. The van der Waals surface area contributed by atoms with Crippen molar-refractivity contribution in [3.63, 3.8) is 0 Å². The summed E-state index contributed by atoms with van der Waals surface area (Å²) >= 11 is 0. The molecule has 0 N–H and O–H groups in total. The Hall–Kier alpha value is -1.49. The minimum atomic E-state index is 0.628. The van der Waals surface area contributed by atoms with E-state index in [2.05, 4.69) is 32.0 Å². The Bertz CT molecular complexity index is 538. The molecule has 1 saturated carbocycles. The van der Waals surface area contributed by atoms with Crippen LogP contribution in [-0.2, 0) is 0 Å². The van der Waals surface area contributed by atoms with Crippen molar-refractivity contribution in [3.05, 3.63) is 29.3 Å². The van der Waals surface area contributed by atoms with Crippen molar-refractivity contribution in [1.82, 2.24) is 0 Å². The molecule has 1 fully saturated rings. The zero-order valence-corrected chi connectivity index (χ0v) is 16.2. The van der Waals surface area contributed by atoms with Crippen LogP contribution in [0.25, 0.3) is 0 Å². The molecule has 0 spiro atoms. The standard InChI is InChI=1S/C23H35NO/c1-3-5-7-8-16-25-23-15-14-21(17-22(23)18-24)20-12-10-19(11-13-20)9-6-4-2/h14-15,17,19-20H,3-13,16H2,1-2H3. The topological polar surface area (TPSA) is 33.0 Å². The summed E-state index contributed by atoms with van der Waals surface area (Å²) in [7, 11) is 0. The van der Waals surface area contributed by atoms with E-state index in [1.165, 1.54) is 69.8 Å². The van der Waals surface area contributed by atoms with Gasteiger partial charge in [0.05, 0.1) is 12.2 Å². The second-order valence-electron chi connectivity index (χ2n) is 7.64. The maximum atomic E-state index is 9.49. The van der Waals surface area contributed by atoms with Crippen LogP contribution < -0.4 is 4.74 Å². The molecular formula is C23H35NO. The molecule has 1 aliphatic carbocycles. The lowest BCUT2D eigenvalue weighted by molar-refractivity contribution is 0.300. The van der Waals surface area contributed by atoms with E-state index < -0.39 is 0 Å². The van der Waals surface area contributed by atoms with E-state index in [0.717, 1.165) is 24.7 Å². The molecule has 0 bridgehead atoms. The van der Waals surface area contributed by atoms with Gasteiger partial charge in [0.2, 0.25) is 0 Å². The SMILES string of the molecule is CCCCCCOc1ccc(C2CCC(CCCC)CC2)cc1C#N. The zero-order chi connectivity index (χ0) is 17.9. The monoisotopic (exact) mass is 341 g/mol. The third-order valence-electron chi connectivity index (χ3n) is 5.66. The number of nitrogens with zero attached hydrogens (tertiary/aromatic N) is 1. The molecule has 1 aromatic carbocycles. The Balaban J connectivity index is 1.87. The van der Waals surface area contributed by atoms with Gasteiger partial charge in [0.25, 0.3) is 0 Å². The summed E-state index contributed by atoms with van der Waals surface area (Å²) in [5.74, 6) is 2.32. The van der Waals surface area contributed by atoms with Gasteiger partial charge in [-0.25, -0.2) is 0 Å². The fourth-order valence-electron chi connectivity index (χ4n) is 4.00. The lowest BCUT2D eigenvalue weighted by atomic mass is 9.77. The first-order chi connectivity index (χ1) is 12.3. The molecule has 0 aromatic heterocycles. The molecule has 138 valence electrons. The first-order valence-electron chi connectivity index (χ1n) is 10.4. The number of hydrogen-bond donors (Lipinski definition) is 0. The zero-order valence-electron chi connectivity index (χ0n) is 16.2. The van der Waals surface area contributed by atoms with Crippen molar-refractivity contribution in [2.24, 2.45) is 5.92 Å². The van der Waals surface area contributed by atoms with E-state index in [0.29, 0.717) is 11.5 Å². The van der Waals surface area contributed by atoms with Crippen LogP contribution in [-0.4, -0.2) is 6.61 Å². The summed E-state index contributed by atoms with van der Waals surface area (Å²) in [4.78, 5) is 0. The fraction of sp³-hybridized carbons (Fsp3) is 0.696. The van der Waals surface area contributed by atoms with Gasteiger partial charge < -0.3 is 4.74 Å². The lowest BCUT2D eigenvalue weighted by Gasteiger charge is -2.29. The van der Waals surface area contributed by atoms with Crippen molar-refractivity contribution < 1.29 is 4.74 Å². The Labute approximate surface area is 154 Å². The van der Waals surface area contributed by atoms with Gasteiger partial charge in [0, 0.05) is 0 Å². The summed E-state index contributed by atoms with van der Waals surface area (Å²) in [6, 6.07) is 8.64. The molecule has 1 aliphatic rings. The maximum absolute atomic E-state index is 9.49. The predicted molar refractivity (Wildman–Crippen MR) is 105 cm³/mol. The normalized spacial score (nSPS) is 20.2. The Morgan fingerprint density at radius 3 is 2.44 bits per heavy atom. The van der Waals surface area contributed by atoms with Crippen molar-refractivity contribution in [1.29, 1.82) is 5.26 Å². The highest BCUT2D eigenvalue weighted by Crippen LogP contribution is 2.38. The first-order valence-corrected chi connectivity index (χ1v) is 10.4. The van der Waals surface area contributed by atoms with Crippen LogP contribution in [0.2, 0.25) is 0 Å². The van der Waals surface area contributed by atoms with E-state index in [4.69, 9.17) is 4.74 Å². The summed E-state index contributed by atoms with van der Waals surface area (Å²) in [6.45, 7) is 5.21. The molecule has 0 unspecified atom stereocenters. The van der Waals surface area contributed by atoms with E-state index in [1.54, 1.807) is 0 Å². The fourth-order valence-corrected chi connectivity index (χ4v) is 4.00. The smallest absolute Gasteiger partial charge is 0.137 e. The third-order valence-corrected chi connectivity index (χ3v) is 5.66. The number of hydrogen-bond acceptors (Lipinski definition) is 2. The Morgan fingerprint density at radius 2 is 1.76 bits per heavy atom. The van der Waals surface area contributed by atoms with Gasteiger partial charge in [-0.3, -0.25) is 0 Å². The van der Waals surface area contributed by atoms with Crippen LogP contribution in [0.1, 0.15) is 102 Å². The van der Waals surface area contributed by atoms with Crippen molar-refractivity contribution in [2.45, 2.75) is 90.4 Å². The maximum Gasteiger partial charge on any atom is 0.137 e. The van der Waals surface area contributed by atoms with Gasteiger partial charge in [-0.15, -0.1) is 0 Å². The van der Waals surface area contributed by atoms with Crippen molar-refractivity contribution in [2.75, 3.05) is 6.61 Å². The highest BCUT2D eigenvalue weighted by Gasteiger charge is 2.22. The van der Waals surface area contributed by atoms with E-state index in [9.17, 15) is 5.26 Å². The van der Waals surface area contributed by atoms with Gasteiger partial charge in [-0.05, 0) is 61.6 Å². The van der Waals surface area contributed by atoms with Gasteiger partial charge in [-0.2, -0.15) is 5.26 Å². The minimum absolute atomic E-state index is 0.628. The number of nitriles is 1. The third kappa shape index (κ3) is 6.38. The Kier molecular flexibility index (Phi) is 8.87. The minimum Gasteiger partial charge on any atom is -0.492 e. The van der Waals surface area contributed by atoms with Crippen molar-refractivity contribution >= 4 is 0 Å². The molecule has 0 heterocycles. The first kappa shape index (κ1) is 19.8. The molecule has 2 heteroatoms. The molecule has 0 aliphatic heterocycles.